The Morgan fingerprint density at radius 2 is 1.89 bits per heavy atom. The molecule has 15 heteroatoms. The number of alkyl carbamates (subject to hydrolysis) is 1. The van der Waals surface area contributed by atoms with E-state index in [1.807, 2.05) is 0 Å². The van der Waals surface area contributed by atoms with Gasteiger partial charge in [-0.2, -0.15) is 18.3 Å². The number of carbonyl (C=O) groups is 2. The Kier molecular flexibility index (Phi) is 7.83. The van der Waals surface area contributed by atoms with Gasteiger partial charge in [0.1, 0.15) is 5.60 Å². The van der Waals surface area contributed by atoms with Gasteiger partial charge in [-0.1, -0.05) is 0 Å². The van der Waals surface area contributed by atoms with Crippen LogP contribution in [0.1, 0.15) is 64.9 Å². The Hall–Kier alpha value is -3.23. The van der Waals surface area contributed by atoms with Crippen LogP contribution in [0.25, 0.3) is 5.65 Å². The number of hydrogen-bond acceptors (Lipinski definition) is 6. The molecule has 2 N–H and O–H groups in total. The Balaban J connectivity index is 1.89. The number of amides is 3. The summed E-state index contributed by atoms with van der Waals surface area (Å²) in [7, 11) is 0. The molecule has 3 heterocycles. The molecule has 0 spiro atoms. The van der Waals surface area contributed by atoms with Crippen molar-refractivity contribution in [2.45, 2.75) is 76.9 Å². The lowest BCUT2D eigenvalue weighted by Crippen LogP contribution is -2.57. The maximum absolute atomic E-state index is 13.9. The zero-order valence-corrected chi connectivity index (χ0v) is 21.8. The number of alkyl halides is 5. The molecular weight excluding hydrogens is 519 g/mol. The second-order valence-electron chi connectivity index (χ2n) is 10.6. The van der Waals surface area contributed by atoms with Crippen LogP contribution in [0.5, 0.6) is 0 Å². The van der Waals surface area contributed by atoms with Crippen LogP contribution >= 0.6 is 0 Å². The van der Waals surface area contributed by atoms with Gasteiger partial charge in [0.25, 0.3) is 5.92 Å². The monoisotopic (exact) mass is 550 g/mol. The first-order chi connectivity index (χ1) is 17.3. The number of fused-ring (bicyclic) bond motifs is 1. The maximum Gasteiger partial charge on any atom is 0.416 e. The predicted molar refractivity (Wildman–Crippen MR) is 125 cm³/mol. The van der Waals surface area contributed by atoms with Crippen molar-refractivity contribution in [1.29, 1.82) is 0 Å². The van der Waals surface area contributed by atoms with E-state index in [0.29, 0.717) is 5.56 Å². The Labute approximate surface area is 215 Å². The summed E-state index contributed by atoms with van der Waals surface area (Å²) in [6.45, 7) is 6.02. The molecule has 0 bridgehead atoms. The van der Waals surface area contributed by atoms with Crippen LogP contribution in [0.4, 0.5) is 31.5 Å². The number of rotatable bonds is 7. The molecule has 3 amide bonds. The minimum atomic E-state index is -4.67. The number of aromatic nitrogens is 3. The van der Waals surface area contributed by atoms with Gasteiger partial charge in [-0.25, -0.2) is 27.9 Å². The van der Waals surface area contributed by atoms with Gasteiger partial charge in [-0.05, 0) is 53.2 Å². The van der Waals surface area contributed by atoms with E-state index in [2.05, 4.69) is 20.7 Å². The standard InChI is InChI=1S/C23H31F5N6O4/c1-13(33-12-22(24,25)11-29-18(33)35)14-7-17-31-15(9-34(17)30-8-14)16(32-19(36)38-20(2,3)4)10-37-21(5,6)23(26,27)28/h7-9,13,16H,10-12H2,1-6H3,(H,29,35)(H,32,36)/t13-,16+/m1/s1. The van der Waals surface area contributed by atoms with Crippen LogP contribution in [-0.4, -0.2) is 74.6 Å². The van der Waals surface area contributed by atoms with Crippen LogP contribution in [-0.2, 0) is 9.47 Å². The summed E-state index contributed by atoms with van der Waals surface area (Å²) in [6, 6.07) is -1.09. The van der Waals surface area contributed by atoms with E-state index in [0.717, 1.165) is 18.7 Å². The molecule has 2 aromatic heterocycles. The molecule has 3 rings (SSSR count). The third kappa shape index (κ3) is 6.99. The lowest BCUT2D eigenvalue weighted by Gasteiger charge is -2.36. The molecule has 0 aliphatic carbocycles. The van der Waals surface area contributed by atoms with E-state index in [4.69, 9.17) is 9.47 Å². The quantitative estimate of drug-likeness (QED) is 0.496. The Morgan fingerprint density at radius 3 is 2.50 bits per heavy atom. The van der Waals surface area contributed by atoms with Gasteiger partial charge in [-0.3, -0.25) is 0 Å². The molecule has 0 saturated carbocycles. The Bertz CT molecular complexity index is 1180. The van der Waals surface area contributed by atoms with Crippen molar-refractivity contribution in [1.82, 2.24) is 30.1 Å². The van der Waals surface area contributed by atoms with Gasteiger partial charge >= 0.3 is 18.3 Å². The van der Waals surface area contributed by atoms with E-state index in [-0.39, 0.29) is 11.3 Å². The summed E-state index contributed by atoms with van der Waals surface area (Å²) in [6.07, 6.45) is -2.82. The lowest BCUT2D eigenvalue weighted by molar-refractivity contribution is -0.265. The normalized spacial score (nSPS) is 18.2. The van der Waals surface area contributed by atoms with Crippen molar-refractivity contribution >= 4 is 17.8 Å². The fourth-order valence-electron chi connectivity index (χ4n) is 3.51. The highest BCUT2D eigenvalue weighted by Gasteiger charge is 2.49. The summed E-state index contributed by atoms with van der Waals surface area (Å²) >= 11 is 0. The van der Waals surface area contributed by atoms with Gasteiger partial charge in [0.2, 0.25) is 0 Å². The zero-order valence-electron chi connectivity index (χ0n) is 21.8. The first-order valence-electron chi connectivity index (χ1n) is 11.8. The third-order valence-corrected chi connectivity index (χ3v) is 5.81. The van der Waals surface area contributed by atoms with Crippen molar-refractivity contribution < 1.29 is 41.0 Å². The Morgan fingerprint density at radius 1 is 1.24 bits per heavy atom. The summed E-state index contributed by atoms with van der Waals surface area (Å²) in [5.41, 5.74) is -2.66. The van der Waals surface area contributed by atoms with Crippen LogP contribution in [0, 0.1) is 0 Å². The molecular formula is C23H31F5N6O4. The van der Waals surface area contributed by atoms with E-state index >= 15 is 0 Å². The highest BCUT2D eigenvalue weighted by Crippen LogP contribution is 2.34. The molecule has 1 aliphatic rings. The molecule has 38 heavy (non-hydrogen) atoms. The highest BCUT2D eigenvalue weighted by molar-refractivity contribution is 5.76. The molecule has 1 saturated heterocycles. The minimum absolute atomic E-state index is 0.119. The number of nitrogens with one attached hydrogen (secondary N) is 2. The number of imidazole rings is 1. The van der Waals surface area contributed by atoms with Gasteiger partial charge in [0.15, 0.2) is 11.2 Å². The first kappa shape index (κ1) is 29.3. The SMILES string of the molecule is C[C@H](c1cnn2cc([C@H](COC(C)(C)C(F)(F)F)NC(=O)OC(C)(C)C)nc2c1)N1CC(F)(F)CNC1=O. The minimum Gasteiger partial charge on any atom is -0.444 e. The number of nitrogens with zero attached hydrogens (tertiary/aromatic N) is 4. The molecule has 2 aromatic rings. The largest absolute Gasteiger partial charge is 0.444 e. The third-order valence-electron chi connectivity index (χ3n) is 5.81. The fourth-order valence-corrected chi connectivity index (χ4v) is 3.51. The van der Waals surface area contributed by atoms with E-state index < -0.39 is 67.2 Å². The van der Waals surface area contributed by atoms with Crippen molar-refractivity contribution in [3.05, 3.63) is 29.7 Å². The van der Waals surface area contributed by atoms with E-state index in [1.165, 1.54) is 23.0 Å². The van der Waals surface area contributed by atoms with E-state index in [1.54, 1.807) is 27.7 Å². The molecule has 1 fully saturated rings. The van der Waals surface area contributed by atoms with Gasteiger partial charge in [-0.15, -0.1) is 0 Å². The number of urea groups is 1. The summed E-state index contributed by atoms with van der Waals surface area (Å²) in [5.74, 6) is -3.11. The molecule has 10 nitrogen and oxygen atoms in total. The van der Waals surface area contributed by atoms with E-state index in [9.17, 15) is 31.5 Å². The summed E-state index contributed by atoms with van der Waals surface area (Å²) in [4.78, 5) is 29.9. The lowest BCUT2D eigenvalue weighted by atomic mass is 10.1. The number of ether oxygens (including phenoxy) is 2. The van der Waals surface area contributed by atoms with Gasteiger partial charge in [0, 0.05) is 0 Å². The van der Waals surface area contributed by atoms with Crippen LogP contribution in [0.2, 0.25) is 0 Å². The number of halogens is 5. The maximum atomic E-state index is 13.9. The van der Waals surface area contributed by atoms with Crippen LogP contribution in [0.3, 0.4) is 0 Å². The summed E-state index contributed by atoms with van der Waals surface area (Å²) < 4.78 is 79.4. The van der Waals surface area contributed by atoms with Gasteiger partial charge in [0.05, 0.1) is 49.9 Å². The molecule has 212 valence electrons. The highest BCUT2D eigenvalue weighted by atomic mass is 19.4. The topological polar surface area (TPSA) is 110 Å². The molecule has 0 radical (unpaired) electrons. The predicted octanol–water partition coefficient (Wildman–Crippen LogP) is 4.37. The fraction of sp³-hybridized carbons (Fsp3) is 0.652. The first-order valence-corrected chi connectivity index (χ1v) is 11.8. The van der Waals surface area contributed by atoms with Crippen molar-refractivity contribution in [3.63, 3.8) is 0 Å². The average Bonchev–Trinajstić information content (AvgIpc) is 3.19. The molecule has 1 aliphatic heterocycles. The second kappa shape index (κ2) is 10.2. The molecule has 0 aromatic carbocycles. The second-order valence-corrected chi connectivity index (χ2v) is 10.6. The zero-order chi connectivity index (χ0) is 28.7. The van der Waals surface area contributed by atoms with Crippen molar-refractivity contribution in [2.75, 3.05) is 19.7 Å². The van der Waals surface area contributed by atoms with Crippen LogP contribution < -0.4 is 10.6 Å². The summed E-state index contributed by atoms with van der Waals surface area (Å²) in [5, 5.41) is 8.82. The number of hydrogen-bond donors (Lipinski definition) is 2. The van der Waals surface area contributed by atoms with Crippen LogP contribution in [0.15, 0.2) is 18.5 Å². The molecule has 0 unspecified atom stereocenters. The smallest absolute Gasteiger partial charge is 0.416 e. The van der Waals surface area contributed by atoms with Gasteiger partial charge < -0.3 is 25.0 Å². The van der Waals surface area contributed by atoms with Crippen molar-refractivity contribution in [2.24, 2.45) is 0 Å². The van der Waals surface area contributed by atoms with Crippen molar-refractivity contribution in [3.8, 4) is 0 Å². The average molecular weight is 551 g/mol. The number of carbonyl (C=O) groups excluding carboxylic acids is 2. The molecule has 2 atom stereocenters.